The quantitative estimate of drug-likeness (QED) is 0.576. The van der Waals surface area contributed by atoms with Crippen molar-refractivity contribution < 1.29 is 18.3 Å². The van der Waals surface area contributed by atoms with E-state index < -0.39 is 11.6 Å². The number of ether oxygens (including phenoxy) is 2. The summed E-state index contributed by atoms with van der Waals surface area (Å²) in [5, 5.41) is 2.90. The Morgan fingerprint density at radius 2 is 1.79 bits per heavy atom. The van der Waals surface area contributed by atoms with Crippen LogP contribution in [-0.4, -0.2) is 26.0 Å². The molecule has 3 nitrogen and oxygen atoms in total. The van der Waals surface area contributed by atoms with Gasteiger partial charge in [-0.1, -0.05) is 0 Å². The van der Waals surface area contributed by atoms with Gasteiger partial charge in [-0.25, -0.2) is 8.78 Å². The summed E-state index contributed by atoms with van der Waals surface area (Å²) in [5.41, 5.74) is 0.250. The molecular formula is C13H18BrF2NO2. The predicted octanol–water partition coefficient (Wildman–Crippen LogP) is 3.93. The lowest BCUT2D eigenvalue weighted by atomic mass is 10.3. The van der Waals surface area contributed by atoms with Crippen molar-refractivity contribution in [3.05, 3.63) is 28.2 Å². The number of hydrogen-bond donors (Lipinski definition) is 1. The zero-order valence-corrected chi connectivity index (χ0v) is 12.6. The lowest BCUT2D eigenvalue weighted by Gasteiger charge is -2.17. The number of rotatable bonds is 8. The van der Waals surface area contributed by atoms with Crippen molar-refractivity contribution in [1.29, 1.82) is 0 Å². The van der Waals surface area contributed by atoms with Gasteiger partial charge < -0.3 is 14.8 Å². The van der Waals surface area contributed by atoms with Crippen molar-refractivity contribution >= 4 is 21.6 Å². The molecule has 1 N–H and O–H groups in total. The summed E-state index contributed by atoms with van der Waals surface area (Å²) < 4.78 is 37.5. The monoisotopic (exact) mass is 337 g/mol. The van der Waals surface area contributed by atoms with Gasteiger partial charge in [0.2, 0.25) is 0 Å². The third-order valence-corrected chi connectivity index (χ3v) is 3.02. The molecule has 1 aromatic carbocycles. The smallest absolute Gasteiger partial charge is 0.159 e. The summed E-state index contributed by atoms with van der Waals surface area (Å²) in [5.74, 6) is -1.24. The minimum atomic E-state index is -0.621. The van der Waals surface area contributed by atoms with Crippen molar-refractivity contribution in [3.63, 3.8) is 0 Å². The summed E-state index contributed by atoms with van der Waals surface area (Å²) in [6.45, 7) is 5.36. The van der Waals surface area contributed by atoms with E-state index >= 15 is 0 Å². The second kappa shape index (κ2) is 8.45. The van der Waals surface area contributed by atoms with Crippen LogP contribution in [0.15, 0.2) is 16.6 Å². The molecule has 1 rings (SSSR count). The first-order chi connectivity index (χ1) is 9.08. The van der Waals surface area contributed by atoms with Gasteiger partial charge >= 0.3 is 0 Å². The van der Waals surface area contributed by atoms with Gasteiger partial charge in [0.1, 0.15) is 11.6 Å². The molecule has 108 valence electrons. The zero-order valence-electron chi connectivity index (χ0n) is 11.0. The van der Waals surface area contributed by atoms with Crippen LogP contribution in [0.25, 0.3) is 0 Å². The van der Waals surface area contributed by atoms with Crippen LogP contribution in [0.3, 0.4) is 0 Å². The normalized spacial score (nSPS) is 11.1. The first kappa shape index (κ1) is 16.3. The molecule has 0 atom stereocenters. The molecule has 0 aliphatic rings. The van der Waals surface area contributed by atoms with E-state index in [0.29, 0.717) is 26.2 Å². The fraction of sp³-hybridized carbons (Fsp3) is 0.538. The summed E-state index contributed by atoms with van der Waals surface area (Å²) in [4.78, 5) is 0. The van der Waals surface area contributed by atoms with Crippen LogP contribution >= 0.6 is 15.9 Å². The maximum Gasteiger partial charge on any atom is 0.159 e. The van der Waals surface area contributed by atoms with Gasteiger partial charge in [0, 0.05) is 32.2 Å². The third-order valence-electron chi connectivity index (χ3n) is 2.41. The second-order valence-electron chi connectivity index (χ2n) is 3.80. The van der Waals surface area contributed by atoms with Gasteiger partial charge in [-0.3, -0.25) is 0 Å². The molecule has 0 aromatic heterocycles. The van der Waals surface area contributed by atoms with Crippen LogP contribution in [0.4, 0.5) is 14.5 Å². The molecule has 0 fully saturated rings. The van der Waals surface area contributed by atoms with Gasteiger partial charge in [-0.15, -0.1) is 0 Å². The molecule has 6 heteroatoms. The van der Waals surface area contributed by atoms with Gasteiger partial charge in [-0.05, 0) is 35.8 Å². The van der Waals surface area contributed by atoms with Gasteiger partial charge in [-0.2, -0.15) is 0 Å². The maximum atomic E-state index is 13.5. The second-order valence-corrected chi connectivity index (χ2v) is 4.66. The zero-order chi connectivity index (χ0) is 14.3. The first-order valence-corrected chi connectivity index (χ1v) is 6.99. The number of anilines is 1. The highest BCUT2D eigenvalue weighted by molar-refractivity contribution is 9.10. The van der Waals surface area contributed by atoms with E-state index in [9.17, 15) is 8.78 Å². The fourth-order valence-electron chi connectivity index (χ4n) is 1.57. The molecule has 0 saturated heterocycles. The summed E-state index contributed by atoms with van der Waals surface area (Å²) in [6, 6.07) is 2.22. The van der Waals surface area contributed by atoms with Crippen LogP contribution in [0.2, 0.25) is 0 Å². The Morgan fingerprint density at radius 3 is 2.37 bits per heavy atom. The van der Waals surface area contributed by atoms with Crippen molar-refractivity contribution in [2.24, 2.45) is 0 Å². The van der Waals surface area contributed by atoms with Crippen molar-refractivity contribution in [3.8, 4) is 0 Å². The van der Waals surface area contributed by atoms with Gasteiger partial charge in [0.15, 0.2) is 6.29 Å². The van der Waals surface area contributed by atoms with Gasteiger partial charge in [0.25, 0.3) is 0 Å². The number of halogens is 3. The molecule has 0 saturated carbocycles. The minimum Gasteiger partial charge on any atom is -0.382 e. The predicted molar refractivity (Wildman–Crippen MR) is 74.2 cm³/mol. The highest BCUT2D eigenvalue weighted by Crippen LogP contribution is 2.23. The van der Waals surface area contributed by atoms with E-state index in [-0.39, 0.29) is 16.5 Å². The van der Waals surface area contributed by atoms with E-state index in [2.05, 4.69) is 21.2 Å². The van der Waals surface area contributed by atoms with Crippen LogP contribution in [0.1, 0.15) is 20.3 Å². The Morgan fingerprint density at radius 1 is 1.16 bits per heavy atom. The summed E-state index contributed by atoms with van der Waals surface area (Å²) >= 11 is 3.02. The average Bonchev–Trinajstić information content (AvgIpc) is 2.36. The molecule has 0 aliphatic carbocycles. The average molecular weight is 338 g/mol. The Kier molecular flexibility index (Phi) is 7.27. The highest BCUT2D eigenvalue weighted by atomic mass is 79.9. The maximum absolute atomic E-state index is 13.5. The Balaban J connectivity index is 2.50. The number of benzene rings is 1. The van der Waals surface area contributed by atoms with Crippen LogP contribution in [-0.2, 0) is 9.47 Å². The summed E-state index contributed by atoms with van der Waals surface area (Å²) in [6.07, 6.45) is 0.269. The number of hydrogen-bond acceptors (Lipinski definition) is 3. The Hall–Kier alpha value is -0.720. The number of nitrogens with one attached hydrogen (secondary N) is 1. The van der Waals surface area contributed by atoms with Crippen LogP contribution in [0, 0.1) is 11.6 Å². The first-order valence-electron chi connectivity index (χ1n) is 6.20. The van der Waals surface area contributed by atoms with Crippen molar-refractivity contribution in [2.75, 3.05) is 25.1 Å². The third kappa shape index (κ3) is 5.42. The van der Waals surface area contributed by atoms with E-state index in [1.165, 1.54) is 6.07 Å². The largest absolute Gasteiger partial charge is 0.382 e. The molecule has 0 amide bonds. The minimum absolute atomic E-state index is 0.225. The highest BCUT2D eigenvalue weighted by Gasteiger charge is 2.10. The lowest BCUT2D eigenvalue weighted by molar-refractivity contribution is -0.137. The molecule has 0 radical (unpaired) electrons. The van der Waals surface area contributed by atoms with Crippen molar-refractivity contribution in [1.82, 2.24) is 0 Å². The van der Waals surface area contributed by atoms with E-state index in [1.54, 1.807) is 0 Å². The van der Waals surface area contributed by atoms with E-state index in [1.807, 2.05) is 13.8 Å². The molecule has 0 unspecified atom stereocenters. The molecule has 0 aliphatic heterocycles. The topological polar surface area (TPSA) is 30.5 Å². The molecular weight excluding hydrogens is 320 g/mol. The van der Waals surface area contributed by atoms with E-state index in [0.717, 1.165) is 6.07 Å². The Labute approximate surface area is 120 Å². The van der Waals surface area contributed by atoms with Crippen LogP contribution in [0.5, 0.6) is 0 Å². The van der Waals surface area contributed by atoms with Crippen LogP contribution < -0.4 is 5.32 Å². The SMILES string of the molecule is CCOC(CCNc1cc(Br)c(F)cc1F)OCC. The lowest BCUT2D eigenvalue weighted by Crippen LogP contribution is -2.21. The van der Waals surface area contributed by atoms with E-state index in [4.69, 9.17) is 9.47 Å². The molecule has 0 bridgehead atoms. The summed E-state index contributed by atoms with van der Waals surface area (Å²) in [7, 11) is 0. The van der Waals surface area contributed by atoms with Crippen molar-refractivity contribution in [2.45, 2.75) is 26.6 Å². The molecule has 19 heavy (non-hydrogen) atoms. The molecule has 1 aromatic rings. The standard InChI is InChI=1S/C13H18BrF2NO2/c1-3-18-13(19-4-2)5-6-17-12-7-9(14)10(15)8-11(12)16/h7-8,13,17H,3-6H2,1-2H3. The van der Waals surface area contributed by atoms with Gasteiger partial charge in [0.05, 0.1) is 10.2 Å². The molecule has 0 spiro atoms. The fourth-order valence-corrected chi connectivity index (χ4v) is 1.91. The molecule has 0 heterocycles. The Bertz CT molecular complexity index is 398.